The van der Waals surface area contributed by atoms with Crippen molar-refractivity contribution in [3.8, 4) is 0 Å². The first-order valence-corrected chi connectivity index (χ1v) is 8.49. The molecule has 7 nitrogen and oxygen atoms in total. The molecule has 1 saturated heterocycles. The predicted octanol–water partition coefficient (Wildman–Crippen LogP) is 2.39. The predicted molar refractivity (Wildman–Crippen MR) is 93.6 cm³/mol. The van der Waals surface area contributed by atoms with Crippen LogP contribution >= 0.6 is 0 Å². The number of carbonyl (C=O) groups excluding carboxylic acids is 2. The maximum Gasteiger partial charge on any atom is 0.246 e. The van der Waals surface area contributed by atoms with Crippen LogP contribution in [0, 0.1) is 5.92 Å². The van der Waals surface area contributed by atoms with Crippen molar-refractivity contribution in [3.63, 3.8) is 0 Å². The number of anilines is 1. The van der Waals surface area contributed by atoms with E-state index < -0.39 is 0 Å². The van der Waals surface area contributed by atoms with Gasteiger partial charge in [-0.3, -0.25) is 14.3 Å². The minimum atomic E-state index is -0.0805. The number of nitrogens with zero attached hydrogens (tertiary/aromatic N) is 3. The van der Waals surface area contributed by atoms with Crippen LogP contribution in [0.5, 0.6) is 0 Å². The molecule has 1 N–H and O–H groups in total. The molecule has 3 rings (SSSR count). The van der Waals surface area contributed by atoms with Gasteiger partial charge in [0, 0.05) is 37.8 Å². The van der Waals surface area contributed by atoms with Gasteiger partial charge in [-0.25, -0.2) is 0 Å². The highest BCUT2D eigenvalue weighted by Gasteiger charge is 2.26. The molecule has 0 atom stereocenters. The van der Waals surface area contributed by atoms with Gasteiger partial charge in [-0.15, -0.1) is 0 Å². The fraction of sp³-hybridized carbons (Fsp3) is 0.389. The monoisotopic (exact) mass is 342 g/mol. The minimum absolute atomic E-state index is 0.00567. The second kappa shape index (κ2) is 7.83. The highest BCUT2D eigenvalue weighted by atomic mass is 16.3. The summed E-state index contributed by atoms with van der Waals surface area (Å²) in [5.41, 5.74) is 0.715. The fourth-order valence-electron chi connectivity index (χ4n) is 2.85. The van der Waals surface area contributed by atoms with E-state index in [9.17, 15) is 9.59 Å². The van der Waals surface area contributed by atoms with Crippen LogP contribution in [0.3, 0.4) is 0 Å². The van der Waals surface area contributed by atoms with Gasteiger partial charge in [-0.1, -0.05) is 0 Å². The van der Waals surface area contributed by atoms with Crippen molar-refractivity contribution in [2.45, 2.75) is 26.3 Å². The molecule has 0 aliphatic carbocycles. The van der Waals surface area contributed by atoms with Crippen LogP contribution in [0.15, 0.2) is 41.3 Å². The number of aromatic nitrogens is 2. The summed E-state index contributed by atoms with van der Waals surface area (Å²) in [6.07, 6.45) is 9.53. The van der Waals surface area contributed by atoms with E-state index in [0.29, 0.717) is 37.4 Å². The molecule has 0 radical (unpaired) electrons. The second-order valence-corrected chi connectivity index (χ2v) is 6.02. The van der Waals surface area contributed by atoms with Crippen LogP contribution < -0.4 is 5.32 Å². The van der Waals surface area contributed by atoms with Crippen molar-refractivity contribution < 1.29 is 14.0 Å². The SMILES string of the molecule is CCn1cc(NC(=O)C2CCN(C(=O)C=Cc3ccco3)CC2)cn1. The van der Waals surface area contributed by atoms with Gasteiger partial charge in [0.1, 0.15) is 5.76 Å². The van der Waals surface area contributed by atoms with Crippen LogP contribution in [-0.4, -0.2) is 39.6 Å². The first-order valence-electron chi connectivity index (χ1n) is 8.49. The van der Waals surface area contributed by atoms with E-state index in [-0.39, 0.29) is 17.7 Å². The van der Waals surface area contributed by atoms with Crippen LogP contribution in [-0.2, 0) is 16.1 Å². The quantitative estimate of drug-likeness (QED) is 0.846. The van der Waals surface area contributed by atoms with Gasteiger partial charge < -0.3 is 14.6 Å². The van der Waals surface area contributed by atoms with E-state index in [2.05, 4.69) is 10.4 Å². The number of piperidine rings is 1. The highest BCUT2D eigenvalue weighted by molar-refractivity contribution is 5.93. The number of rotatable bonds is 5. The zero-order valence-electron chi connectivity index (χ0n) is 14.2. The van der Waals surface area contributed by atoms with Crippen LogP contribution in [0.25, 0.3) is 6.08 Å². The molecule has 0 spiro atoms. The Morgan fingerprint density at radius 2 is 2.20 bits per heavy atom. The second-order valence-electron chi connectivity index (χ2n) is 6.02. The van der Waals surface area contributed by atoms with Crippen LogP contribution in [0.1, 0.15) is 25.5 Å². The number of likely N-dealkylation sites (tertiary alicyclic amines) is 1. The maximum atomic E-state index is 12.3. The van der Waals surface area contributed by atoms with Crippen molar-refractivity contribution in [2.24, 2.45) is 5.92 Å². The molecular weight excluding hydrogens is 320 g/mol. The number of amides is 2. The number of nitrogens with one attached hydrogen (secondary N) is 1. The summed E-state index contributed by atoms with van der Waals surface area (Å²) in [4.78, 5) is 26.3. The number of aryl methyl sites for hydroxylation is 1. The summed E-state index contributed by atoms with van der Waals surface area (Å²) in [5.74, 6) is 0.506. The molecule has 132 valence electrons. The lowest BCUT2D eigenvalue weighted by Gasteiger charge is -2.30. The first-order chi connectivity index (χ1) is 12.2. The van der Waals surface area contributed by atoms with Gasteiger partial charge in [-0.05, 0) is 38.0 Å². The minimum Gasteiger partial charge on any atom is -0.465 e. The summed E-state index contributed by atoms with van der Waals surface area (Å²) < 4.78 is 6.93. The molecule has 3 heterocycles. The molecule has 0 saturated carbocycles. The van der Waals surface area contributed by atoms with Crippen molar-refractivity contribution in [3.05, 3.63) is 42.6 Å². The van der Waals surface area contributed by atoms with Crippen LogP contribution in [0.2, 0.25) is 0 Å². The van der Waals surface area contributed by atoms with Crippen molar-refractivity contribution in [2.75, 3.05) is 18.4 Å². The molecule has 0 aromatic carbocycles. The van der Waals surface area contributed by atoms with Gasteiger partial charge in [0.25, 0.3) is 0 Å². The zero-order chi connectivity index (χ0) is 17.6. The summed E-state index contributed by atoms with van der Waals surface area (Å²) in [6, 6.07) is 3.57. The molecule has 25 heavy (non-hydrogen) atoms. The van der Waals surface area contributed by atoms with Gasteiger partial charge in [-0.2, -0.15) is 5.10 Å². The molecule has 0 bridgehead atoms. The van der Waals surface area contributed by atoms with Crippen molar-refractivity contribution >= 4 is 23.6 Å². The van der Waals surface area contributed by atoms with Gasteiger partial charge in [0.15, 0.2) is 0 Å². The summed E-state index contributed by atoms with van der Waals surface area (Å²) >= 11 is 0. The third-order valence-corrected chi connectivity index (χ3v) is 4.34. The molecule has 2 aromatic rings. The Bertz CT molecular complexity index is 740. The smallest absolute Gasteiger partial charge is 0.246 e. The molecule has 1 aliphatic rings. The first kappa shape index (κ1) is 17.0. The van der Waals surface area contributed by atoms with Gasteiger partial charge >= 0.3 is 0 Å². The number of furan rings is 1. The lowest BCUT2D eigenvalue weighted by atomic mass is 9.96. The lowest BCUT2D eigenvalue weighted by Crippen LogP contribution is -2.40. The van der Waals surface area contributed by atoms with E-state index in [1.165, 1.54) is 6.08 Å². The van der Waals surface area contributed by atoms with Gasteiger partial charge in [0.2, 0.25) is 11.8 Å². The Hall–Kier alpha value is -2.83. The molecule has 0 unspecified atom stereocenters. The molecule has 1 fully saturated rings. The number of carbonyl (C=O) groups is 2. The van der Waals surface area contributed by atoms with E-state index >= 15 is 0 Å². The average molecular weight is 342 g/mol. The van der Waals surface area contributed by atoms with E-state index in [1.807, 2.05) is 13.1 Å². The van der Waals surface area contributed by atoms with E-state index in [1.54, 1.807) is 40.3 Å². The maximum absolute atomic E-state index is 12.3. The summed E-state index contributed by atoms with van der Waals surface area (Å²) in [7, 11) is 0. The Morgan fingerprint density at radius 3 is 2.84 bits per heavy atom. The fourth-order valence-corrected chi connectivity index (χ4v) is 2.85. The molecule has 7 heteroatoms. The Labute approximate surface area is 146 Å². The Morgan fingerprint density at radius 1 is 1.40 bits per heavy atom. The van der Waals surface area contributed by atoms with E-state index in [4.69, 9.17) is 4.42 Å². The largest absolute Gasteiger partial charge is 0.465 e. The topological polar surface area (TPSA) is 80.4 Å². The lowest BCUT2D eigenvalue weighted by molar-refractivity contribution is -0.130. The Balaban J connectivity index is 1.47. The van der Waals surface area contributed by atoms with Crippen LogP contribution in [0.4, 0.5) is 5.69 Å². The zero-order valence-corrected chi connectivity index (χ0v) is 14.2. The molecule has 1 aliphatic heterocycles. The third kappa shape index (κ3) is 4.37. The average Bonchev–Trinajstić information content (AvgIpc) is 3.31. The molecule has 2 aromatic heterocycles. The normalized spacial score (nSPS) is 15.6. The third-order valence-electron chi connectivity index (χ3n) is 4.34. The summed E-state index contributed by atoms with van der Waals surface area (Å²) in [5, 5.41) is 7.05. The Kier molecular flexibility index (Phi) is 5.33. The summed E-state index contributed by atoms with van der Waals surface area (Å²) in [6.45, 7) is 3.91. The van der Waals surface area contributed by atoms with Gasteiger partial charge in [0.05, 0.1) is 18.1 Å². The standard InChI is InChI=1S/C18H22N4O3/c1-2-22-13-15(12-19-22)20-18(24)14-7-9-21(10-8-14)17(23)6-5-16-4-3-11-25-16/h3-6,11-14H,2,7-10H2,1H3,(H,20,24). The molecule has 2 amide bonds. The van der Waals surface area contributed by atoms with Crippen molar-refractivity contribution in [1.29, 1.82) is 0 Å². The van der Waals surface area contributed by atoms with E-state index in [0.717, 1.165) is 6.54 Å². The number of hydrogen-bond acceptors (Lipinski definition) is 4. The number of hydrogen-bond donors (Lipinski definition) is 1. The molecular formula is C18H22N4O3. The highest BCUT2D eigenvalue weighted by Crippen LogP contribution is 2.20. The van der Waals surface area contributed by atoms with Crippen molar-refractivity contribution in [1.82, 2.24) is 14.7 Å².